The van der Waals surface area contributed by atoms with Crippen molar-refractivity contribution in [2.75, 3.05) is 12.4 Å². The summed E-state index contributed by atoms with van der Waals surface area (Å²) in [5, 5.41) is 32.4. The molecule has 1 fully saturated rings. The van der Waals surface area contributed by atoms with E-state index in [9.17, 15) is 19.8 Å². The summed E-state index contributed by atoms with van der Waals surface area (Å²) < 4.78 is 5.32. The number of hydrogen-bond acceptors (Lipinski definition) is 8. The Hall–Kier alpha value is -4.22. The highest BCUT2D eigenvalue weighted by Crippen LogP contribution is 2.41. The molecule has 1 aromatic heterocycles. The van der Waals surface area contributed by atoms with E-state index in [1.807, 2.05) is 56.0 Å². The molecule has 0 unspecified atom stereocenters. The lowest BCUT2D eigenvalue weighted by molar-refractivity contribution is -0.144. The number of aromatic nitrogens is 1. The topological polar surface area (TPSA) is 144 Å². The molecule has 4 N–H and O–H groups in total. The summed E-state index contributed by atoms with van der Waals surface area (Å²) in [6, 6.07) is 12.7. The van der Waals surface area contributed by atoms with E-state index >= 15 is 0 Å². The van der Waals surface area contributed by atoms with Crippen molar-refractivity contribution in [3.05, 3.63) is 70.4 Å². The predicted molar refractivity (Wildman–Crippen MR) is 186 cm³/mol. The second-order valence-corrected chi connectivity index (χ2v) is 14.4. The molecular formula is C37H50N6O5. The van der Waals surface area contributed by atoms with Gasteiger partial charge in [-0.05, 0) is 76.1 Å². The third-order valence-corrected chi connectivity index (χ3v) is 9.27. The van der Waals surface area contributed by atoms with Gasteiger partial charge in [-0.1, -0.05) is 73.8 Å². The molecule has 1 aliphatic heterocycles. The Morgan fingerprint density at radius 3 is 2.44 bits per heavy atom. The quantitative estimate of drug-likeness (QED) is 0.176. The van der Waals surface area contributed by atoms with Crippen LogP contribution in [0.1, 0.15) is 101 Å². The van der Waals surface area contributed by atoms with Crippen molar-refractivity contribution in [1.29, 1.82) is 0 Å². The number of hydrogen-bond donors (Lipinski definition) is 4. The van der Waals surface area contributed by atoms with Crippen LogP contribution in [-0.2, 0) is 23.8 Å². The second-order valence-electron chi connectivity index (χ2n) is 14.4. The lowest BCUT2D eigenvalue weighted by atomic mass is 9.91. The van der Waals surface area contributed by atoms with Crippen molar-refractivity contribution < 1.29 is 24.3 Å². The minimum Gasteiger partial charge on any atom is -0.345 e. The van der Waals surface area contributed by atoms with Crippen molar-refractivity contribution in [2.24, 2.45) is 4.99 Å². The molecule has 11 nitrogen and oxygen atoms in total. The van der Waals surface area contributed by atoms with Crippen LogP contribution in [0.25, 0.3) is 11.1 Å². The monoisotopic (exact) mass is 658 g/mol. The van der Waals surface area contributed by atoms with Gasteiger partial charge in [0.2, 0.25) is 5.88 Å². The number of carbonyl (C=O) groups is 2. The van der Waals surface area contributed by atoms with E-state index in [2.05, 4.69) is 22.7 Å². The van der Waals surface area contributed by atoms with Crippen molar-refractivity contribution >= 4 is 23.7 Å². The third-order valence-electron chi connectivity index (χ3n) is 9.27. The largest absolute Gasteiger partial charge is 0.345 e. The fraction of sp³-hybridized carbons (Fsp3) is 0.514. The summed E-state index contributed by atoms with van der Waals surface area (Å²) >= 11 is 0. The number of rotatable bonds is 11. The lowest BCUT2D eigenvalue weighted by Crippen LogP contribution is -2.46. The van der Waals surface area contributed by atoms with Crippen LogP contribution in [0.3, 0.4) is 0 Å². The van der Waals surface area contributed by atoms with Crippen LogP contribution in [0, 0.1) is 13.8 Å². The van der Waals surface area contributed by atoms with Gasteiger partial charge in [0.05, 0.1) is 12.2 Å². The average Bonchev–Trinajstić information content (AvgIpc) is 3.70. The maximum Gasteiger partial charge on any atom is 0.317 e. The minimum atomic E-state index is -2.51. The molecule has 11 heteroatoms. The van der Waals surface area contributed by atoms with Gasteiger partial charge in [-0.25, -0.2) is 4.79 Å². The Morgan fingerprint density at radius 2 is 1.79 bits per heavy atom. The average molecular weight is 659 g/mol. The number of amides is 3. The molecule has 0 saturated heterocycles. The minimum absolute atomic E-state index is 0.0816. The first-order valence-electron chi connectivity index (χ1n) is 17.0. The Kier molecular flexibility index (Phi) is 10.0. The zero-order chi connectivity index (χ0) is 34.9. The van der Waals surface area contributed by atoms with Gasteiger partial charge >= 0.3 is 6.03 Å². The third kappa shape index (κ3) is 7.42. The number of nitrogens with one attached hydrogen (secondary N) is 2. The number of carbonyl (C=O) groups excluding carboxylic acids is 2. The summed E-state index contributed by atoms with van der Waals surface area (Å²) in [6.45, 7) is 12.1. The van der Waals surface area contributed by atoms with Crippen molar-refractivity contribution in [2.45, 2.75) is 117 Å². The predicted octanol–water partition coefficient (Wildman–Crippen LogP) is 6.35. The molecule has 2 aliphatic rings. The number of urea groups is 1. The number of nitrogens with zero attached hydrogens (tertiary/aromatic N) is 4. The van der Waals surface area contributed by atoms with Gasteiger partial charge in [-0.2, -0.15) is 0 Å². The molecule has 1 saturated carbocycles. The number of aryl methyl sites for hydroxylation is 1. The summed E-state index contributed by atoms with van der Waals surface area (Å²) in [5.41, 5.74) is 3.38. The highest BCUT2D eigenvalue weighted by Gasteiger charge is 2.49. The molecule has 0 bridgehead atoms. The van der Waals surface area contributed by atoms with E-state index in [-0.39, 0.29) is 29.9 Å². The van der Waals surface area contributed by atoms with Crippen molar-refractivity contribution in [3.8, 4) is 11.1 Å². The number of anilines is 1. The molecule has 1 aliphatic carbocycles. The van der Waals surface area contributed by atoms with E-state index in [1.54, 1.807) is 37.9 Å². The van der Waals surface area contributed by atoms with E-state index in [1.165, 1.54) is 0 Å². The number of benzene rings is 2. The zero-order valence-electron chi connectivity index (χ0n) is 29.3. The summed E-state index contributed by atoms with van der Waals surface area (Å²) in [6.07, 6.45) is 6.32. The Bertz CT molecular complexity index is 1680. The van der Waals surface area contributed by atoms with Crippen LogP contribution in [0.2, 0.25) is 0 Å². The Labute approximate surface area is 283 Å². The van der Waals surface area contributed by atoms with Gasteiger partial charge in [0.25, 0.3) is 11.8 Å². The zero-order valence-corrected chi connectivity index (χ0v) is 29.3. The fourth-order valence-electron chi connectivity index (χ4n) is 6.54. The smallest absolute Gasteiger partial charge is 0.317 e. The summed E-state index contributed by atoms with van der Waals surface area (Å²) in [5.74, 6) is -1.42. The lowest BCUT2D eigenvalue weighted by Gasteiger charge is -2.29. The summed E-state index contributed by atoms with van der Waals surface area (Å²) in [4.78, 5) is 35.6. The molecule has 5 rings (SSSR count). The molecule has 258 valence electrons. The molecule has 2 heterocycles. The maximum atomic E-state index is 13.9. The van der Waals surface area contributed by atoms with E-state index < -0.39 is 17.0 Å². The highest BCUT2D eigenvalue weighted by molar-refractivity contribution is 6.08. The first-order valence-corrected chi connectivity index (χ1v) is 17.0. The van der Waals surface area contributed by atoms with Crippen LogP contribution < -0.4 is 10.6 Å². The molecule has 3 aromatic rings. The molecular weight excluding hydrogens is 608 g/mol. The van der Waals surface area contributed by atoms with Gasteiger partial charge in [0, 0.05) is 36.7 Å². The van der Waals surface area contributed by atoms with Gasteiger partial charge < -0.3 is 25.0 Å². The standard InChI is InChI=1S/C37H50N6O5/c1-8-9-16-31-38-36(19-12-13-20-36)33(44)43(31)22-26-17-18-28(27(21-26)23-42(7)34(45)40-35(4,5)6)29-14-10-11-15-30(29)37(46,47)39-32-24(2)25(3)41-48-32/h10-11,14-15,17-18,21,39,46-47H,8-9,12-13,16,19-20,22-23H2,1-7H3,(H,40,45). The molecule has 3 amide bonds. The first kappa shape index (κ1) is 35.1. The second kappa shape index (κ2) is 13.7. The molecule has 0 radical (unpaired) electrons. The maximum absolute atomic E-state index is 13.9. The van der Waals surface area contributed by atoms with Crippen LogP contribution in [-0.4, -0.2) is 61.1 Å². The van der Waals surface area contributed by atoms with Gasteiger partial charge in [-0.15, -0.1) is 0 Å². The number of aliphatic imine (C=N–C) groups is 1. The summed E-state index contributed by atoms with van der Waals surface area (Å²) in [7, 11) is 1.73. The van der Waals surface area contributed by atoms with Crippen molar-refractivity contribution in [1.82, 2.24) is 20.3 Å². The molecule has 2 aromatic carbocycles. The van der Waals surface area contributed by atoms with Crippen LogP contribution in [0.15, 0.2) is 52.0 Å². The number of unbranched alkanes of at least 4 members (excludes halogenated alkanes) is 1. The van der Waals surface area contributed by atoms with Crippen LogP contribution >= 0.6 is 0 Å². The van der Waals surface area contributed by atoms with Gasteiger partial charge in [0.1, 0.15) is 11.4 Å². The van der Waals surface area contributed by atoms with E-state index in [0.29, 0.717) is 28.9 Å². The number of aliphatic hydroxyl groups is 2. The van der Waals surface area contributed by atoms with E-state index in [4.69, 9.17) is 9.52 Å². The van der Waals surface area contributed by atoms with Gasteiger partial charge in [0.15, 0.2) is 0 Å². The Morgan fingerprint density at radius 1 is 1.08 bits per heavy atom. The normalized spacial score (nSPS) is 16.1. The molecule has 1 spiro atoms. The van der Waals surface area contributed by atoms with Crippen LogP contribution in [0.5, 0.6) is 0 Å². The van der Waals surface area contributed by atoms with Crippen LogP contribution in [0.4, 0.5) is 10.7 Å². The van der Waals surface area contributed by atoms with Gasteiger partial charge in [-0.3, -0.25) is 20.0 Å². The fourth-order valence-corrected chi connectivity index (χ4v) is 6.54. The molecule has 0 atom stereocenters. The Balaban J connectivity index is 1.53. The van der Waals surface area contributed by atoms with Crippen molar-refractivity contribution in [3.63, 3.8) is 0 Å². The highest BCUT2D eigenvalue weighted by atomic mass is 16.5. The van der Waals surface area contributed by atoms with E-state index in [0.717, 1.165) is 61.9 Å². The number of amidine groups is 1. The first-order chi connectivity index (χ1) is 22.6. The SMILES string of the molecule is CCCCC1=NC2(CCCC2)C(=O)N1Cc1ccc(-c2ccccc2C(O)(O)Nc2onc(C)c2C)c(CN(C)C(=O)NC(C)(C)C)c1. The molecule has 48 heavy (non-hydrogen) atoms.